The molecule has 4 aromatic carbocycles. The molecule has 6 rings (SSSR count). The minimum Gasteiger partial charge on any atom is -0.0683 e. The molecular formula is C37H46. The minimum atomic E-state index is -0.274. The third kappa shape index (κ3) is 5.64. The van der Waals surface area contributed by atoms with Crippen molar-refractivity contribution in [2.75, 3.05) is 0 Å². The van der Waals surface area contributed by atoms with E-state index in [1.165, 1.54) is 57.3 Å². The molecule has 2 aliphatic carbocycles. The molecule has 0 N–H and O–H groups in total. The van der Waals surface area contributed by atoms with Crippen LogP contribution in [0, 0.1) is 0 Å². The van der Waals surface area contributed by atoms with Crippen LogP contribution in [-0.2, 0) is 5.41 Å². The predicted octanol–water partition coefficient (Wildman–Crippen LogP) is 11.4. The van der Waals surface area contributed by atoms with Crippen LogP contribution in [0.3, 0.4) is 0 Å². The number of fused-ring (bicyclic) bond motifs is 9. The average Bonchev–Trinajstić information content (AvgIpc) is 3.17. The molecule has 0 heteroatoms. The molecule has 0 radical (unpaired) electrons. The van der Waals surface area contributed by atoms with Gasteiger partial charge in [-0.25, -0.2) is 0 Å². The molecule has 0 saturated heterocycles. The summed E-state index contributed by atoms with van der Waals surface area (Å²) in [7, 11) is 0. The Hall–Kier alpha value is -3.38. The Morgan fingerprint density at radius 3 is 1.03 bits per heavy atom. The van der Waals surface area contributed by atoms with Crippen LogP contribution in [0.1, 0.15) is 102 Å². The Morgan fingerprint density at radius 2 is 0.676 bits per heavy atom. The van der Waals surface area contributed by atoms with E-state index >= 15 is 0 Å². The largest absolute Gasteiger partial charge is 0.0725 e. The van der Waals surface area contributed by atoms with Crippen LogP contribution in [0.15, 0.2) is 97.1 Å². The second-order valence-electron chi connectivity index (χ2n) is 8.76. The van der Waals surface area contributed by atoms with Gasteiger partial charge < -0.3 is 0 Å². The summed E-state index contributed by atoms with van der Waals surface area (Å²) in [5.41, 5.74) is 10.5. The topological polar surface area (TPSA) is 0 Å². The third-order valence-electron chi connectivity index (χ3n) is 6.12. The van der Waals surface area contributed by atoms with Crippen LogP contribution in [0.25, 0.3) is 23.3 Å². The maximum absolute atomic E-state index is 2.31. The lowest BCUT2D eigenvalue weighted by atomic mass is 9.66. The fourth-order valence-corrected chi connectivity index (χ4v) is 5.11. The van der Waals surface area contributed by atoms with Crippen LogP contribution in [0.2, 0.25) is 0 Å². The summed E-state index contributed by atoms with van der Waals surface area (Å²) in [5, 5.41) is 0. The van der Waals surface area contributed by atoms with Gasteiger partial charge in [0.2, 0.25) is 0 Å². The summed E-state index contributed by atoms with van der Waals surface area (Å²) < 4.78 is 0. The summed E-state index contributed by atoms with van der Waals surface area (Å²) in [6, 6.07) is 35.5. The van der Waals surface area contributed by atoms with Crippen molar-refractivity contribution >= 4 is 12.2 Å². The van der Waals surface area contributed by atoms with Gasteiger partial charge in [-0.1, -0.05) is 177 Å². The molecule has 0 unspecified atom stereocenters. The van der Waals surface area contributed by atoms with E-state index in [0.717, 1.165) is 0 Å². The van der Waals surface area contributed by atoms with E-state index < -0.39 is 0 Å². The lowest BCUT2D eigenvalue weighted by Gasteiger charge is -2.35. The normalized spacial score (nSPS) is 12.1. The number of hydrogen-bond acceptors (Lipinski definition) is 0. The van der Waals surface area contributed by atoms with Gasteiger partial charge in [-0.2, -0.15) is 0 Å². The molecule has 37 heavy (non-hydrogen) atoms. The average molecular weight is 491 g/mol. The van der Waals surface area contributed by atoms with Gasteiger partial charge in [0.05, 0.1) is 5.41 Å². The van der Waals surface area contributed by atoms with Crippen LogP contribution >= 0.6 is 0 Å². The van der Waals surface area contributed by atoms with Crippen LogP contribution in [0.5, 0.6) is 0 Å². The third-order valence-corrected chi connectivity index (χ3v) is 6.12. The smallest absolute Gasteiger partial charge is 0.0683 e. The van der Waals surface area contributed by atoms with Crippen LogP contribution in [-0.4, -0.2) is 0 Å². The second-order valence-corrected chi connectivity index (χ2v) is 8.76. The number of benzene rings is 4. The molecule has 0 amide bonds. The highest BCUT2D eigenvalue weighted by atomic mass is 14.5. The highest BCUT2D eigenvalue weighted by molar-refractivity contribution is 5.91. The predicted molar refractivity (Wildman–Crippen MR) is 167 cm³/mol. The van der Waals surface area contributed by atoms with E-state index in [1.807, 2.05) is 27.7 Å². The minimum absolute atomic E-state index is 0.274. The van der Waals surface area contributed by atoms with Crippen molar-refractivity contribution in [1.82, 2.24) is 0 Å². The summed E-state index contributed by atoms with van der Waals surface area (Å²) in [6.07, 6.45) is 7.04. The monoisotopic (exact) mass is 490 g/mol. The first kappa shape index (κ1) is 29.8. The Bertz CT molecular complexity index is 1160. The molecule has 0 saturated carbocycles. The zero-order valence-corrected chi connectivity index (χ0v) is 24.3. The highest BCUT2D eigenvalue weighted by Gasteiger charge is 2.47. The standard InChI is InChI=1S/C27H18.2C3H8.2C2H6/c1-5-13-23-19(9-1)17-18-20-10-2-6-14-24(20)27(23)25-15-7-3-11-21(25)22-12-4-8-16-26(22)27;2*1-3-2;2*1-2/h1-18H;2*3H2,1-2H3;2*1-2H3. The van der Waals surface area contributed by atoms with Crippen molar-refractivity contribution in [2.45, 2.75) is 73.6 Å². The maximum Gasteiger partial charge on any atom is 0.0725 e. The summed E-state index contributed by atoms with van der Waals surface area (Å²) >= 11 is 0. The molecule has 0 aliphatic heterocycles. The first-order valence-electron chi connectivity index (χ1n) is 14.3. The second kappa shape index (κ2) is 15.0. The van der Waals surface area contributed by atoms with E-state index in [-0.39, 0.29) is 5.41 Å². The zero-order valence-electron chi connectivity index (χ0n) is 24.3. The van der Waals surface area contributed by atoms with Gasteiger partial charge in [0.15, 0.2) is 0 Å². The Labute approximate surface area is 227 Å². The molecule has 0 atom stereocenters. The van der Waals surface area contributed by atoms with Crippen molar-refractivity contribution in [3.63, 3.8) is 0 Å². The Morgan fingerprint density at radius 1 is 0.405 bits per heavy atom. The van der Waals surface area contributed by atoms with E-state index in [0.29, 0.717) is 0 Å². The van der Waals surface area contributed by atoms with Gasteiger partial charge in [0.1, 0.15) is 0 Å². The van der Waals surface area contributed by atoms with Crippen molar-refractivity contribution in [1.29, 1.82) is 0 Å². The molecule has 194 valence electrons. The number of rotatable bonds is 0. The van der Waals surface area contributed by atoms with Crippen LogP contribution < -0.4 is 0 Å². The fraction of sp³-hybridized carbons (Fsp3) is 0.297. The number of hydrogen-bond donors (Lipinski definition) is 0. The molecule has 0 aromatic heterocycles. The van der Waals surface area contributed by atoms with Gasteiger partial charge in [0, 0.05) is 0 Å². The lowest BCUT2D eigenvalue weighted by molar-refractivity contribution is 0.766. The Kier molecular flexibility index (Phi) is 12.1. The van der Waals surface area contributed by atoms with Crippen molar-refractivity contribution in [3.8, 4) is 11.1 Å². The van der Waals surface area contributed by atoms with E-state index in [9.17, 15) is 0 Å². The lowest BCUT2D eigenvalue weighted by Crippen LogP contribution is -2.29. The van der Waals surface area contributed by atoms with Gasteiger partial charge in [-0.05, 0) is 44.5 Å². The first-order valence-corrected chi connectivity index (χ1v) is 14.3. The molecule has 2 aliphatic rings. The van der Waals surface area contributed by atoms with Crippen LogP contribution in [0.4, 0.5) is 0 Å². The quantitative estimate of drug-likeness (QED) is 0.198. The maximum atomic E-state index is 2.31. The van der Waals surface area contributed by atoms with Gasteiger partial charge in [-0.3, -0.25) is 0 Å². The van der Waals surface area contributed by atoms with Crippen molar-refractivity contribution in [2.24, 2.45) is 0 Å². The van der Waals surface area contributed by atoms with E-state index in [1.54, 1.807) is 0 Å². The summed E-state index contributed by atoms with van der Waals surface area (Å²) in [6.45, 7) is 16.5. The van der Waals surface area contributed by atoms with E-state index in [4.69, 9.17) is 0 Å². The zero-order chi connectivity index (χ0) is 27.3. The molecule has 0 nitrogen and oxygen atoms in total. The van der Waals surface area contributed by atoms with Gasteiger partial charge in [0.25, 0.3) is 0 Å². The molecule has 0 fully saturated rings. The fourth-order valence-electron chi connectivity index (χ4n) is 5.11. The summed E-state index contributed by atoms with van der Waals surface area (Å²) in [5.74, 6) is 0. The molecule has 0 bridgehead atoms. The Balaban J connectivity index is 0.000000427. The van der Waals surface area contributed by atoms with Crippen molar-refractivity contribution in [3.05, 3.63) is 130 Å². The SMILES string of the molecule is C1=Cc2ccccc2C2(c3ccccc31)c1ccccc1-c1ccccc12.CC.CC.CCC.CCC. The molecule has 1 spiro atoms. The highest BCUT2D eigenvalue weighted by Crippen LogP contribution is 2.58. The van der Waals surface area contributed by atoms with Crippen molar-refractivity contribution < 1.29 is 0 Å². The molecular weight excluding hydrogens is 444 g/mol. The molecule has 4 aromatic rings. The van der Waals surface area contributed by atoms with Gasteiger partial charge >= 0.3 is 0 Å². The summed E-state index contributed by atoms with van der Waals surface area (Å²) in [4.78, 5) is 0. The van der Waals surface area contributed by atoms with Gasteiger partial charge in [-0.15, -0.1) is 0 Å². The molecule has 0 heterocycles. The van der Waals surface area contributed by atoms with E-state index in [2.05, 4.69) is 137 Å². The first-order chi connectivity index (χ1) is 18.2.